The number of nitrogens with zero attached hydrogens (tertiary/aromatic N) is 1. The summed E-state index contributed by atoms with van der Waals surface area (Å²) in [7, 11) is -3.65. The minimum absolute atomic E-state index is 0.0554. The molecule has 0 bridgehead atoms. The maximum Gasteiger partial charge on any atom is 0.251 e. The standard InChI is InChI=1S/C24H27N3O4S/c1-2-23(28)25-19-12-14-27(15-13-19)32(30,31)20-10-8-18(9-11-20)24(29)26-22-16-21(22)17-6-4-3-5-7-17/h2-11,19,21-22H,1,12-16H2,(H,25,28)(H,26,29)/t21-,22+/m0/s1. The van der Waals surface area contributed by atoms with Crippen molar-refractivity contribution in [1.29, 1.82) is 0 Å². The number of sulfonamides is 1. The zero-order chi connectivity index (χ0) is 22.7. The van der Waals surface area contributed by atoms with Crippen LogP contribution in [0, 0.1) is 0 Å². The quantitative estimate of drug-likeness (QED) is 0.630. The Kier molecular flexibility index (Phi) is 6.43. The van der Waals surface area contributed by atoms with E-state index in [1.54, 1.807) is 12.1 Å². The lowest BCUT2D eigenvalue weighted by atomic mass is 10.1. The maximum atomic E-state index is 13.0. The molecule has 1 aliphatic carbocycles. The highest BCUT2D eigenvalue weighted by molar-refractivity contribution is 7.89. The molecule has 2 aliphatic rings. The van der Waals surface area contributed by atoms with Gasteiger partial charge in [0.2, 0.25) is 15.9 Å². The van der Waals surface area contributed by atoms with E-state index in [2.05, 4.69) is 29.3 Å². The Morgan fingerprint density at radius 2 is 1.62 bits per heavy atom. The monoisotopic (exact) mass is 453 g/mol. The molecule has 2 aromatic rings. The van der Waals surface area contributed by atoms with Crippen molar-refractivity contribution in [2.45, 2.75) is 42.2 Å². The molecule has 1 saturated carbocycles. The molecular formula is C24H27N3O4S. The molecule has 2 atom stereocenters. The lowest BCUT2D eigenvalue weighted by molar-refractivity contribution is -0.117. The lowest BCUT2D eigenvalue weighted by Crippen LogP contribution is -2.46. The molecule has 168 valence electrons. The van der Waals surface area contributed by atoms with Gasteiger partial charge in [-0.25, -0.2) is 8.42 Å². The summed E-state index contributed by atoms with van der Waals surface area (Å²) in [6.07, 6.45) is 3.21. The third-order valence-corrected chi connectivity index (χ3v) is 7.99. The first-order valence-corrected chi connectivity index (χ1v) is 12.2. The largest absolute Gasteiger partial charge is 0.350 e. The van der Waals surface area contributed by atoms with Gasteiger partial charge in [0, 0.05) is 36.7 Å². The summed E-state index contributed by atoms with van der Waals surface area (Å²) in [4.78, 5) is 24.2. The van der Waals surface area contributed by atoms with Crippen molar-refractivity contribution < 1.29 is 18.0 Å². The maximum absolute atomic E-state index is 13.0. The molecule has 2 aromatic carbocycles. The third kappa shape index (κ3) is 4.92. The Balaban J connectivity index is 1.33. The van der Waals surface area contributed by atoms with E-state index in [4.69, 9.17) is 0 Å². The van der Waals surface area contributed by atoms with Crippen LogP contribution in [0.1, 0.15) is 41.1 Å². The van der Waals surface area contributed by atoms with E-state index >= 15 is 0 Å². The molecule has 0 unspecified atom stereocenters. The van der Waals surface area contributed by atoms with Gasteiger partial charge in [0.15, 0.2) is 0 Å². The number of hydrogen-bond donors (Lipinski definition) is 2. The second kappa shape index (κ2) is 9.26. The van der Waals surface area contributed by atoms with E-state index in [1.165, 1.54) is 28.1 Å². The Labute approximate surface area is 188 Å². The highest BCUT2D eigenvalue weighted by atomic mass is 32.2. The SMILES string of the molecule is C=CC(=O)NC1CCN(S(=O)(=O)c2ccc(C(=O)N[C@@H]3C[C@H]3c3ccccc3)cc2)CC1. The average Bonchev–Trinajstić information content (AvgIpc) is 3.59. The highest BCUT2D eigenvalue weighted by Crippen LogP contribution is 2.40. The van der Waals surface area contributed by atoms with Gasteiger partial charge >= 0.3 is 0 Å². The van der Waals surface area contributed by atoms with Gasteiger partial charge in [-0.3, -0.25) is 9.59 Å². The van der Waals surface area contributed by atoms with Crippen molar-refractivity contribution in [1.82, 2.24) is 14.9 Å². The number of benzene rings is 2. The molecule has 8 heteroatoms. The van der Waals surface area contributed by atoms with Crippen LogP contribution in [0.15, 0.2) is 72.1 Å². The summed E-state index contributed by atoms with van der Waals surface area (Å²) in [5.41, 5.74) is 1.65. The second-order valence-corrected chi connectivity index (χ2v) is 10.2. The normalized spacial score (nSPS) is 21.5. The molecule has 0 radical (unpaired) electrons. The molecular weight excluding hydrogens is 426 g/mol. The molecule has 1 saturated heterocycles. The van der Waals surface area contributed by atoms with Crippen LogP contribution in [0.3, 0.4) is 0 Å². The van der Waals surface area contributed by atoms with Crippen LogP contribution in [0.4, 0.5) is 0 Å². The Morgan fingerprint density at radius 3 is 2.25 bits per heavy atom. The summed E-state index contributed by atoms with van der Waals surface area (Å²) in [6.45, 7) is 4.09. The molecule has 4 rings (SSSR count). The van der Waals surface area contributed by atoms with Crippen molar-refractivity contribution in [3.63, 3.8) is 0 Å². The van der Waals surface area contributed by atoms with E-state index in [-0.39, 0.29) is 28.8 Å². The number of rotatable bonds is 7. The van der Waals surface area contributed by atoms with E-state index in [1.807, 2.05) is 18.2 Å². The van der Waals surface area contributed by atoms with Crippen LogP contribution in [0.5, 0.6) is 0 Å². The van der Waals surface area contributed by atoms with Gasteiger partial charge in [-0.05, 0) is 55.2 Å². The van der Waals surface area contributed by atoms with Crippen LogP contribution < -0.4 is 10.6 Å². The van der Waals surface area contributed by atoms with E-state index in [9.17, 15) is 18.0 Å². The minimum Gasteiger partial charge on any atom is -0.350 e. The molecule has 1 heterocycles. The summed E-state index contributed by atoms with van der Waals surface area (Å²) in [5.74, 6) is -0.114. The molecule has 0 aromatic heterocycles. The highest BCUT2D eigenvalue weighted by Gasteiger charge is 2.39. The Bertz CT molecular complexity index is 1090. The molecule has 7 nitrogen and oxygen atoms in total. The topological polar surface area (TPSA) is 95.6 Å². The smallest absolute Gasteiger partial charge is 0.251 e. The number of amides is 2. The van der Waals surface area contributed by atoms with Gasteiger partial charge in [-0.2, -0.15) is 4.31 Å². The van der Waals surface area contributed by atoms with E-state index in [0.29, 0.717) is 37.4 Å². The Hall–Kier alpha value is -2.97. The minimum atomic E-state index is -3.65. The zero-order valence-corrected chi connectivity index (χ0v) is 18.6. The summed E-state index contributed by atoms with van der Waals surface area (Å²) in [6, 6.07) is 16.2. The van der Waals surface area contributed by atoms with Gasteiger partial charge in [0.1, 0.15) is 0 Å². The lowest BCUT2D eigenvalue weighted by Gasteiger charge is -2.31. The number of hydrogen-bond acceptors (Lipinski definition) is 4. The van der Waals surface area contributed by atoms with E-state index < -0.39 is 10.0 Å². The number of carbonyl (C=O) groups is 2. The van der Waals surface area contributed by atoms with Crippen LogP contribution in [0.2, 0.25) is 0 Å². The Morgan fingerprint density at radius 1 is 0.969 bits per heavy atom. The van der Waals surface area contributed by atoms with Crippen LogP contribution in [0.25, 0.3) is 0 Å². The van der Waals surface area contributed by atoms with Crippen LogP contribution >= 0.6 is 0 Å². The molecule has 0 spiro atoms. The molecule has 1 aliphatic heterocycles. The number of piperidine rings is 1. The van der Waals surface area contributed by atoms with Gasteiger partial charge in [0.25, 0.3) is 5.91 Å². The van der Waals surface area contributed by atoms with Crippen molar-refractivity contribution in [3.8, 4) is 0 Å². The number of nitrogens with one attached hydrogen (secondary N) is 2. The first kappa shape index (κ1) is 22.2. The van der Waals surface area contributed by atoms with Gasteiger partial charge in [-0.1, -0.05) is 36.9 Å². The van der Waals surface area contributed by atoms with Gasteiger partial charge in [-0.15, -0.1) is 0 Å². The number of carbonyl (C=O) groups excluding carboxylic acids is 2. The molecule has 32 heavy (non-hydrogen) atoms. The van der Waals surface area contributed by atoms with Crippen LogP contribution in [-0.4, -0.2) is 49.7 Å². The summed E-state index contributed by atoms with van der Waals surface area (Å²) < 4.78 is 27.3. The first-order valence-electron chi connectivity index (χ1n) is 10.8. The average molecular weight is 454 g/mol. The van der Waals surface area contributed by atoms with Crippen molar-refractivity contribution in [2.24, 2.45) is 0 Å². The first-order chi connectivity index (χ1) is 15.4. The van der Waals surface area contributed by atoms with Gasteiger partial charge in [0.05, 0.1) is 4.90 Å². The van der Waals surface area contributed by atoms with E-state index in [0.717, 1.165) is 6.42 Å². The molecule has 2 fully saturated rings. The van der Waals surface area contributed by atoms with Crippen molar-refractivity contribution >= 4 is 21.8 Å². The predicted molar refractivity (Wildman–Crippen MR) is 122 cm³/mol. The van der Waals surface area contributed by atoms with Crippen molar-refractivity contribution in [2.75, 3.05) is 13.1 Å². The fourth-order valence-electron chi connectivity index (χ4n) is 4.10. The zero-order valence-electron chi connectivity index (χ0n) is 17.7. The predicted octanol–water partition coefficient (Wildman–Crippen LogP) is 2.43. The molecule has 2 amide bonds. The fraction of sp³-hybridized carbons (Fsp3) is 0.333. The molecule has 2 N–H and O–H groups in total. The fourth-order valence-corrected chi connectivity index (χ4v) is 5.57. The van der Waals surface area contributed by atoms with Crippen LogP contribution in [-0.2, 0) is 14.8 Å². The van der Waals surface area contributed by atoms with Crippen molar-refractivity contribution in [3.05, 3.63) is 78.4 Å². The second-order valence-electron chi connectivity index (χ2n) is 8.25. The summed E-state index contributed by atoms with van der Waals surface area (Å²) >= 11 is 0. The summed E-state index contributed by atoms with van der Waals surface area (Å²) in [5, 5.41) is 5.84. The van der Waals surface area contributed by atoms with Gasteiger partial charge < -0.3 is 10.6 Å². The third-order valence-electron chi connectivity index (χ3n) is 6.07.